The van der Waals surface area contributed by atoms with E-state index in [2.05, 4.69) is 43.3 Å². The molecule has 0 saturated carbocycles. The molecule has 0 amide bonds. The number of isothiocyanates is 1. The lowest BCUT2D eigenvalue weighted by Crippen LogP contribution is -2.01. The first-order valence-electron chi connectivity index (χ1n) is 5.14. The number of hydrogen-bond acceptors (Lipinski definition) is 3. The summed E-state index contributed by atoms with van der Waals surface area (Å²) in [6, 6.07) is 8.60. The number of rotatable bonds is 3. The van der Waals surface area contributed by atoms with E-state index in [1.165, 1.54) is 12.4 Å². The normalized spacial score (nSPS) is 11.7. The van der Waals surface area contributed by atoms with Crippen molar-refractivity contribution in [2.45, 2.75) is 6.04 Å². The minimum atomic E-state index is -0.497. The molecule has 0 radical (unpaired) electrons. The van der Waals surface area contributed by atoms with Gasteiger partial charge in [0, 0.05) is 16.2 Å². The Labute approximate surface area is 118 Å². The third-order valence-corrected chi connectivity index (χ3v) is 3.04. The Balaban J connectivity index is 2.53. The lowest BCUT2D eigenvalue weighted by atomic mass is 10.00. The van der Waals surface area contributed by atoms with Crippen LogP contribution >= 0.6 is 28.1 Å². The molecule has 0 aliphatic heterocycles. The van der Waals surface area contributed by atoms with Gasteiger partial charge >= 0.3 is 0 Å². The van der Waals surface area contributed by atoms with Crippen LogP contribution in [0.1, 0.15) is 17.2 Å². The summed E-state index contributed by atoms with van der Waals surface area (Å²) in [5.41, 5.74) is 1.27. The van der Waals surface area contributed by atoms with E-state index >= 15 is 0 Å². The van der Waals surface area contributed by atoms with Crippen molar-refractivity contribution in [3.8, 4) is 0 Å². The maximum absolute atomic E-state index is 13.8. The first-order valence-corrected chi connectivity index (χ1v) is 6.34. The Morgan fingerprint density at radius 2 is 2.22 bits per heavy atom. The third kappa shape index (κ3) is 2.88. The van der Waals surface area contributed by atoms with E-state index < -0.39 is 11.9 Å². The van der Waals surface area contributed by atoms with E-state index in [-0.39, 0.29) is 0 Å². The van der Waals surface area contributed by atoms with Crippen molar-refractivity contribution >= 4 is 33.3 Å². The highest BCUT2D eigenvalue weighted by atomic mass is 79.9. The number of pyridine rings is 1. The van der Waals surface area contributed by atoms with Gasteiger partial charge in [-0.2, -0.15) is 0 Å². The minimum Gasteiger partial charge on any atom is -0.262 e. The van der Waals surface area contributed by atoms with E-state index in [4.69, 9.17) is 0 Å². The first-order chi connectivity index (χ1) is 8.72. The summed E-state index contributed by atoms with van der Waals surface area (Å²) in [6.45, 7) is 0. The van der Waals surface area contributed by atoms with Gasteiger partial charge in [-0.25, -0.2) is 9.38 Å². The van der Waals surface area contributed by atoms with E-state index in [0.717, 1.165) is 10.0 Å². The number of aliphatic imine (C=N–C) groups is 1. The van der Waals surface area contributed by atoms with E-state index in [1.54, 1.807) is 6.07 Å². The molecule has 90 valence electrons. The Hall–Kier alpha value is -1.42. The average Bonchev–Trinajstić information content (AvgIpc) is 2.37. The van der Waals surface area contributed by atoms with Crippen molar-refractivity contribution in [2.75, 3.05) is 0 Å². The quantitative estimate of drug-likeness (QED) is 0.625. The zero-order valence-corrected chi connectivity index (χ0v) is 11.6. The topological polar surface area (TPSA) is 25.2 Å². The Kier molecular flexibility index (Phi) is 4.31. The Morgan fingerprint density at radius 3 is 2.89 bits per heavy atom. The molecule has 1 atom stereocenters. The summed E-state index contributed by atoms with van der Waals surface area (Å²) < 4.78 is 14.7. The van der Waals surface area contributed by atoms with Crippen LogP contribution in [0, 0.1) is 5.82 Å². The van der Waals surface area contributed by atoms with Crippen LogP contribution in [0.25, 0.3) is 0 Å². The number of halogens is 2. The number of benzene rings is 1. The molecule has 1 aromatic carbocycles. The number of nitrogens with zero attached hydrogens (tertiary/aromatic N) is 2. The highest BCUT2D eigenvalue weighted by Gasteiger charge is 2.16. The molecule has 0 spiro atoms. The molecule has 2 rings (SSSR count). The lowest BCUT2D eigenvalue weighted by Gasteiger charge is -2.12. The summed E-state index contributed by atoms with van der Waals surface area (Å²) >= 11 is 8.02. The monoisotopic (exact) mass is 322 g/mol. The number of hydrogen-bond donors (Lipinski definition) is 0. The minimum absolute atomic E-state index is 0.406. The Bertz CT molecular complexity index is 611. The molecule has 2 nitrogen and oxygen atoms in total. The van der Waals surface area contributed by atoms with Crippen LogP contribution < -0.4 is 0 Å². The fourth-order valence-corrected chi connectivity index (χ4v) is 2.18. The summed E-state index contributed by atoms with van der Waals surface area (Å²) in [6.07, 6.45) is 2.70. The van der Waals surface area contributed by atoms with Crippen LogP contribution in [0.3, 0.4) is 0 Å². The summed E-state index contributed by atoms with van der Waals surface area (Å²) in [7, 11) is 0. The second-order valence-electron chi connectivity index (χ2n) is 3.58. The Morgan fingerprint density at radius 1 is 1.39 bits per heavy atom. The second-order valence-corrected chi connectivity index (χ2v) is 4.67. The van der Waals surface area contributed by atoms with Gasteiger partial charge in [0.05, 0.1) is 11.4 Å². The van der Waals surface area contributed by atoms with Gasteiger partial charge in [-0.05, 0) is 36.0 Å². The molecule has 1 heterocycles. The van der Waals surface area contributed by atoms with Crippen molar-refractivity contribution in [1.29, 1.82) is 0 Å². The average molecular weight is 323 g/mol. The standard InChI is InChI=1S/C13H8BrFN2S/c14-10-3-1-2-9(6-10)13(17-8-18)11-4-5-16-7-12(11)15/h1-7,13H/t13-/m1/s1. The van der Waals surface area contributed by atoms with Crippen LogP contribution in [0.4, 0.5) is 4.39 Å². The SMILES string of the molecule is Fc1cnccc1[C@H](N=C=S)c1cccc(Br)c1. The number of thiocarbonyl (C=S) groups is 1. The van der Waals surface area contributed by atoms with Crippen molar-refractivity contribution in [3.05, 3.63) is 64.1 Å². The fourth-order valence-electron chi connectivity index (χ4n) is 1.66. The molecule has 5 heteroatoms. The largest absolute Gasteiger partial charge is 0.262 e. The molecule has 2 aromatic rings. The maximum atomic E-state index is 13.8. The van der Waals surface area contributed by atoms with Crippen molar-refractivity contribution in [1.82, 2.24) is 4.98 Å². The molecule has 1 aromatic heterocycles. The van der Waals surface area contributed by atoms with Gasteiger partial charge in [0.25, 0.3) is 0 Å². The van der Waals surface area contributed by atoms with Gasteiger partial charge < -0.3 is 0 Å². The summed E-state index contributed by atoms with van der Waals surface area (Å²) in [5.74, 6) is -0.406. The molecule has 0 aliphatic carbocycles. The molecular formula is C13H8BrFN2S. The smallest absolute Gasteiger partial charge is 0.147 e. The maximum Gasteiger partial charge on any atom is 0.147 e. The zero-order valence-electron chi connectivity index (χ0n) is 9.18. The highest BCUT2D eigenvalue weighted by Crippen LogP contribution is 2.28. The van der Waals surface area contributed by atoms with Crippen LogP contribution in [0.5, 0.6) is 0 Å². The highest BCUT2D eigenvalue weighted by molar-refractivity contribution is 9.10. The number of aromatic nitrogens is 1. The summed E-state index contributed by atoms with van der Waals surface area (Å²) in [5, 5.41) is 2.32. The predicted octanol–water partition coefficient (Wildman–Crippen LogP) is 4.18. The molecular weight excluding hydrogens is 315 g/mol. The van der Waals surface area contributed by atoms with E-state index in [0.29, 0.717) is 5.56 Å². The molecule has 0 saturated heterocycles. The van der Waals surface area contributed by atoms with Gasteiger partial charge in [0.2, 0.25) is 0 Å². The molecule has 0 N–H and O–H groups in total. The summed E-state index contributed by atoms with van der Waals surface area (Å²) in [4.78, 5) is 7.77. The van der Waals surface area contributed by atoms with Crippen LogP contribution in [0.2, 0.25) is 0 Å². The lowest BCUT2D eigenvalue weighted by molar-refractivity contribution is 0.594. The second kappa shape index (κ2) is 5.96. The van der Waals surface area contributed by atoms with E-state index in [1.807, 2.05) is 24.3 Å². The third-order valence-electron chi connectivity index (χ3n) is 2.44. The van der Waals surface area contributed by atoms with Crippen LogP contribution in [-0.2, 0) is 0 Å². The molecule has 0 unspecified atom stereocenters. The van der Waals surface area contributed by atoms with Gasteiger partial charge in [0.1, 0.15) is 11.9 Å². The van der Waals surface area contributed by atoms with E-state index in [9.17, 15) is 4.39 Å². The zero-order chi connectivity index (χ0) is 13.0. The molecule has 0 aliphatic rings. The van der Waals surface area contributed by atoms with Gasteiger partial charge in [-0.3, -0.25) is 4.98 Å². The van der Waals surface area contributed by atoms with Crippen molar-refractivity contribution in [3.63, 3.8) is 0 Å². The molecule has 0 bridgehead atoms. The van der Waals surface area contributed by atoms with Gasteiger partial charge in [-0.1, -0.05) is 28.1 Å². The van der Waals surface area contributed by atoms with Crippen LogP contribution in [-0.4, -0.2) is 10.1 Å². The van der Waals surface area contributed by atoms with Crippen LogP contribution in [0.15, 0.2) is 52.2 Å². The molecule has 0 fully saturated rings. The first kappa shape index (κ1) is 13.0. The van der Waals surface area contributed by atoms with Gasteiger partial charge in [-0.15, -0.1) is 0 Å². The molecule has 18 heavy (non-hydrogen) atoms. The predicted molar refractivity (Wildman–Crippen MR) is 75.2 cm³/mol. The fraction of sp³-hybridized carbons (Fsp3) is 0.0769. The van der Waals surface area contributed by atoms with Crippen molar-refractivity contribution in [2.24, 2.45) is 4.99 Å². The van der Waals surface area contributed by atoms with Crippen molar-refractivity contribution < 1.29 is 4.39 Å². The van der Waals surface area contributed by atoms with Gasteiger partial charge in [0.15, 0.2) is 0 Å².